The van der Waals surface area contributed by atoms with E-state index < -0.39 is 6.04 Å². The Hall–Kier alpha value is -3.87. The van der Waals surface area contributed by atoms with E-state index in [2.05, 4.69) is 71.3 Å². The van der Waals surface area contributed by atoms with Gasteiger partial charge in [-0.15, -0.1) is 0 Å². The number of rotatable bonds is 8. The molecule has 3 amide bonds. The highest BCUT2D eigenvalue weighted by atomic mass is 79.9. The lowest BCUT2D eigenvalue weighted by Crippen LogP contribution is -2.56. The van der Waals surface area contributed by atoms with Gasteiger partial charge in [0.25, 0.3) is 0 Å². The van der Waals surface area contributed by atoms with E-state index in [1.54, 1.807) is 21.6 Å². The molecular weight excluding hydrogens is 788 g/mol. The van der Waals surface area contributed by atoms with Gasteiger partial charge in [-0.2, -0.15) is 0 Å². The molecule has 4 heterocycles. The van der Waals surface area contributed by atoms with Crippen LogP contribution in [-0.4, -0.2) is 92.6 Å². The summed E-state index contributed by atoms with van der Waals surface area (Å²) in [6, 6.07) is 21.4. The average Bonchev–Trinajstić information content (AvgIpc) is 3.58. The molecule has 4 aromatic rings. The SMILES string of the molecule is O=C(N[C@@H](Cc1cc(Br)c(O)c(Br)c1)C(=O)N1CCC(N2CCCCC2)CC1)N1CCC(n2cc(-c3ccc(-c4ccccc4)cc3)[nH]c2=O)CC1. The fourth-order valence-corrected chi connectivity index (χ4v) is 9.30. The predicted octanol–water partition coefficient (Wildman–Crippen LogP) is 7.18. The summed E-state index contributed by atoms with van der Waals surface area (Å²) in [4.78, 5) is 50.2. The van der Waals surface area contributed by atoms with Crippen molar-refractivity contribution >= 4 is 43.8 Å². The zero-order valence-electron chi connectivity index (χ0n) is 29.3. The third-order valence-corrected chi connectivity index (χ3v) is 12.2. The highest BCUT2D eigenvalue weighted by Gasteiger charge is 2.34. The number of halogens is 2. The molecule has 3 N–H and O–H groups in total. The molecule has 0 saturated carbocycles. The number of hydrogen-bond donors (Lipinski definition) is 3. The van der Waals surface area contributed by atoms with Crippen LogP contribution in [0.25, 0.3) is 22.4 Å². The van der Waals surface area contributed by atoms with Gasteiger partial charge in [-0.3, -0.25) is 9.36 Å². The smallest absolute Gasteiger partial charge is 0.326 e. The summed E-state index contributed by atoms with van der Waals surface area (Å²) in [5.41, 5.74) is 4.61. The summed E-state index contributed by atoms with van der Waals surface area (Å²) in [5.74, 6) is 0.0109. The molecule has 7 rings (SSSR count). The molecule has 0 unspecified atom stereocenters. The van der Waals surface area contributed by atoms with Crippen molar-refractivity contribution in [2.24, 2.45) is 0 Å². The Morgan fingerprint density at radius 1 is 0.769 bits per heavy atom. The van der Waals surface area contributed by atoms with Gasteiger partial charge >= 0.3 is 11.7 Å². The number of aromatic nitrogens is 2. The standard InChI is InChI=1S/C40H46Br2N6O4/c41-33-23-27(24-34(42)37(33)49)25-35(38(50)46-19-13-31(14-20-46)45-17-5-2-6-18-45)43-39(51)47-21-15-32(16-22-47)48-26-36(44-40(48)52)30-11-9-29(10-12-30)28-7-3-1-4-8-28/h1,3-4,7-12,23-24,26,31-32,35,49H,2,5-6,13-22,25H2,(H,43,51)(H,44,52)/t35-/m0/s1. The van der Waals surface area contributed by atoms with Gasteiger partial charge in [0.1, 0.15) is 11.8 Å². The van der Waals surface area contributed by atoms with Crippen LogP contribution in [0.5, 0.6) is 5.75 Å². The number of carbonyl (C=O) groups excluding carboxylic acids is 2. The highest BCUT2D eigenvalue weighted by molar-refractivity contribution is 9.11. The van der Waals surface area contributed by atoms with Gasteiger partial charge in [-0.05, 0) is 118 Å². The van der Waals surface area contributed by atoms with Crippen molar-refractivity contribution in [3.63, 3.8) is 0 Å². The maximum Gasteiger partial charge on any atom is 0.326 e. The molecule has 3 aliphatic rings. The second kappa shape index (κ2) is 16.4. The quantitative estimate of drug-likeness (QED) is 0.174. The second-order valence-electron chi connectivity index (χ2n) is 14.3. The molecule has 52 heavy (non-hydrogen) atoms. The van der Waals surface area contributed by atoms with E-state index >= 15 is 0 Å². The molecule has 0 aliphatic carbocycles. The number of amides is 3. The molecule has 12 heteroatoms. The molecule has 3 fully saturated rings. The van der Waals surface area contributed by atoms with Crippen molar-refractivity contribution in [2.45, 2.75) is 69.5 Å². The monoisotopic (exact) mass is 832 g/mol. The van der Waals surface area contributed by atoms with Crippen molar-refractivity contribution in [1.82, 2.24) is 29.6 Å². The summed E-state index contributed by atoms with van der Waals surface area (Å²) >= 11 is 6.82. The van der Waals surface area contributed by atoms with Crippen molar-refractivity contribution in [2.75, 3.05) is 39.3 Å². The van der Waals surface area contributed by atoms with Crippen molar-refractivity contribution in [1.29, 1.82) is 0 Å². The molecule has 1 atom stereocenters. The number of aromatic amines is 1. The van der Waals surface area contributed by atoms with Gasteiger partial charge < -0.3 is 30.1 Å². The number of piperidine rings is 3. The molecule has 10 nitrogen and oxygen atoms in total. The van der Waals surface area contributed by atoms with Crippen LogP contribution in [0.2, 0.25) is 0 Å². The first kappa shape index (κ1) is 36.5. The number of phenolic OH excluding ortho intramolecular Hbond substituents is 1. The van der Waals surface area contributed by atoms with E-state index in [1.165, 1.54) is 19.3 Å². The third kappa shape index (κ3) is 8.34. The zero-order valence-corrected chi connectivity index (χ0v) is 32.4. The maximum atomic E-state index is 14.1. The first-order valence-electron chi connectivity index (χ1n) is 18.5. The highest BCUT2D eigenvalue weighted by Crippen LogP contribution is 2.34. The lowest BCUT2D eigenvalue weighted by atomic mass is 9.98. The number of nitrogens with one attached hydrogen (secondary N) is 2. The van der Waals surface area contributed by atoms with E-state index in [9.17, 15) is 19.5 Å². The fraction of sp³-hybridized carbons (Fsp3) is 0.425. The Balaban J connectivity index is 0.990. The zero-order chi connectivity index (χ0) is 36.2. The Morgan fingerprint density at radius 3 is 2.00 bits per heavy atom. The Morgan fingerprint density at radius 2 is 1.35 bits per heavy atom. The number of aromatic hydroxyl groups is 1. The van der Waals surface area contributed by atoms with Gasteiger partial charge in [-0.25, -0.2) is 9.59 Å². The number of carbonyl (C=O) groups is 2. The van der Waals surface area contributed by atoms with Crippen LogP contribution in [-0.2, 0) is 11.2 Å². The molecule has 3 aromatic carbocycles. The molecular formula is C40H46Br2N6O4. The number of imidazole rings is 1. The molecule has 3 aliphatic heterocycles. The normalized spacial score (nSPS) is 18.3. The predicted molar refractivity (Wildman–Crippen MR) is 210 cm³/mol. The lowest BCUT2D eigenvalue weighted by Gasteiger charge is -2.41. The van der Waals surface area contributed by atoms with E-state index in [-0.39, 0.29) is 29.4 Å². The summed E-state index contributed by atoms with van der Waals surface area (Å²) in [6.45, 7) is 4.56. The van der Waals surface area contributed by atoms with E-state index in [1.807, 2.05) is 41.4 Å². The molecule has 3 saturated heterocycles. The van der Waals surface area contributed by atoms with Gasteiger partial charge in [-0.1, -0.05) is 61.0 Å². The molecule has 274 valence electrons. The van der Waals surface area contributed by atoms with Gasteiger partial charge in [0.2, 0.25) is 5.91 Å². The van der Waals surface area contributed by atoms with E-state index in [0.29, 0.717) is 60.4 Å². The molecule has 0 spiro atoms. The Labute approximate surface area is 321 Å². The van der Waals surface area contributed by atoms with Crippen LogP contribution in [0, 0.1) is 0 Å². The van der Waals surface area contributed by atoms with Crippen LogP contribution in [0.15, 0.2) is 86.7 Å². The van der Waals surface area contributed by atoms with Gasteiger partial charge in [0.05, 0.1) is 14.6 Å². The Bertz CT molecular complexity index is 1890. The van der Waals surface area contributed by atoms with Crippen molar-refractivity contribution in [3.05, 3.63) is 97.9 Å². The number of hydrogen-bond acceptors (Lipinski definition) is 5. The first-order chi connectivity index (χ1) is 25.2. The Kier molecular flexibility index (Phi) is 11.5. The van der Waals surface area contributed by atoms with Gasteiger partial charge in [0, 0.05) is 50.9 Å². The van der Waals surface area contributed by atoms with Crippen LogP contribution < -0.4 is 11.0 Å². The summed E-state index contributed by atoms with van der Waals surface area (Å²) in [7, 11) is 0. The molecule has 0 bridgehead atoms. The molecule has 1 aromatic heterocycles. The van der Waals surface area contributed by atoms with Gasteiger partial charge in [0.15, 0.2) is 0 Å². The van der Waals surface area contributed by atoms with Crippen molar-refractivity contribution < 1.29 is 14.7 Å². The summed E-state index contributed by atoms with van der Waals surface area (Å²) in [5, 5.41) is 13.4. The summed E-state index contributed by atoms with van der Waals surface area (Å²) in [6.07, 6.45) is 9.09. The number of urea groups is 1. The number of likely N-dealkylation sites (tertiary alicyclic amines) is 3. The minimum atomic E-state index is -0.761. The van der Waals surface area contributed by atoms with Crippen LogP contribution in [0.3, 0.4) is 0 Å². The topological polar surface area (TPSA) is 114 Å². The lowest BCUT2D eigenvalue weighted by molar-refractivity contribution is -0.134. The van der Waals surface area contributed by atoms with Crippen molar-refractivity contribution in [3.8, 4) is 28.1 Å². The number of nitrogens with zero attached hydrogens (tertiary/aromatic N) is 4. The number of benzene rings is 3. The maximum absolute atomic E-state index is 14.1. The van der Waals surface area contributed by atoms with Crippen LogP contribution >= 0.6 is 31.9 Å². The van der Waals surface area contributed by atoms with Crippen LogP contribution in [0.4, 0.5) is 4.79 Å². The number of phenols is 1. The minimum Gasteiger partial charge on any atom is -0.506 e. The van der Waals surface area contributed by atoms with E-state index in [4.69, 9.17) is 0 Å². The third-order valence-electron chi connectivity index (χ3n) is 11.0. The first-order valence-corrected chi connectivity index (χ1v) is 20.0. The second-order valence-corrected chi connectivity index (χ2v) is 16.0. The van der Waals surface area contributed by atoms with Crippen LogP contribution in [0.1, 0.15) is 56.6 Å². The van der Waals surface area contributed by atoms with E-state index in [0.717, 1.165) is 53.9 Å². The number of H-pyrrole nitrogens is 1. The largest absolute Gasteiger partial charge is 0.506 e. The fourth-order valence-electron chi connectivity index (χ4n) is 8.01. The summed E-state index contributed by atoms with van der Waals surface area (Å²) < 4.78 is 2.80. The average molecular weight is 835 g/mol. The minimum absolute atomic E-state index is 0.0459. The molecule has 0 radical (unpaired) electrons.